The Hall–Kier alpha value is -4.65. The average molecular weight is 661 g/mol. The van der Waals surface area contributed by atoms with Gasteiger partial charge in [-0.25, -0.2) is 14.5 Å². The Labute approximate surface area is 272 Å². The Morgan fingerprint density at radius 1 is 0.915 bits per heavy atom. The van der Waals surface area contributed by atoms with Gasteiger partial charge < -0.3 is 23.8 Å². The molecule has 4 aromatic rings. The minimum atomic E-state index is -4.24. The quantitative estimate of drug-likeness (QED) is 0.164. The second kappa shape index (κ2) is 16.3. The number of amides is 3. The van der Waals surface area contributed by atoms with Crippen LogP contribution in [0.1, 0.15) is 29.3 Å². The molecule has 2 heterocycles. The van der Waals surface area contributed by atoms with Crippen LogP contribution in [0.2, 0.25) is 0 Å². The number of urea groups is 1. The summed E-state index contributed by atoms with van der Waals surface area (Å²) in [5, 5.41) is 21.2. The number of ether oxygens (including phenoxy) is 1. The van der Waals surface area contributed by atoms with Crippen LogP contribution in [-0.4, -0.2) is 60.4 Å². The Morgan fingerprint density at radius 2 is 1.47 bits per heavy atom. The van der Waals surface area contributed by atoms with E-state index in [2.05, 4.69) is 15.7 Å². The van der Waals surface area contributed by atoms with Gasteiger partial charge in [0.2, 0.25) is 5.91 Å². The number of carbonyl (C=O) groups excluding carboxylic acids is 2. The zero-order valence-electron chi connectivity index (χ0n) is 25.9. The molecule has 2 N–H and O–H groups in total. The summed E-state index contributed by atoms with van der Waals surface area (Å²) in [6.45, 7) is 1.66. The maximum absolute atomic E-state index is 14.4. The summed E-state index contributed by atoms with van der Waals surface area (Å²) in [5.41, 5.74) is 5.26. The SMILES string of the molecule is CC(=O)NN1C=CCN(Cc2cn(C[C@H](OCc3ccccc3)[C@@H](O)P(=O)(OCc3ccccc3)OCc3ccccc3)nn2)C1=O. The molecule has 0 unspecified atom stereocenters. The minimum absolute atomic E-state index is 0.0553. The number of hydrogen-bond acceptors (Lipinski definition) is 9. The van der Waals surface area contributed by atoms with E-state index >= 15 is 0 Å². The molecule has 3 amide bonds. The Morgan fingerprint density at radius 3 is 2.02 bits per heavy atom. The molecule has 0 bridgehead atoms. The number of hydrazine groups is 1. The summed E-state index contributed by atoms with van der Waals surface area (Å²) in [4.78, 5) is 25.8. The molecule has 2 atom stereocenters. The second-order valence-electron chi connectivity index (χ2n) is 10.8. The molecule has 246 valence electrons. The summed E-state index contributed by atoms with van der Waals surface area (Å²) in [6, 6.07) is 27.3. The Kier molecular flexibility index (Phi) is 11.7. The molecule has 47 heavy (non-hydrogen) atoms. The van der Waals surface area contributed by atoms with Gasteiger partial charge in [0.1, 0.15) is 11.8 Å². The van der Waals surface area contributed by atoms with E-state index in [4.69, 9.17) is 13.8 Å². The number of carbonyl (C=O) groups is 2. The van der Waals surface area contributed by atoms with Crippen molar-refractivity contribution in [1.29, 1.82) is 0 Å². The standard InChI is InChI=1S/C33H37N6O7P/c1-26(40)35-39-19-11-18-37(33(39)42)20-30-21-38(36-34-30)22-31(44-23-27-12-5-2-6-13-27)32(41)47(43,45-24-28-14-7-3-8-15-28)46-25-29-16-9-4-10-17-29/h2-17,19,21,31-32,41H,18,20,22-25H2,1H3,(H,35,40)/t31-,32-/m0/s1. The number of nitrogens with zero attached hydrogens (tertiary/aromatic N) is 5. The second-order valence-corrected chi connectivity index (χ2v) is 12.9. The Bertz CT molecular complexity index is 1630. The van der Waals surface area contributed by atoms with Gasteiger partial charge in [0.05, 0.1) is 39.1 Å². The van der Waals surface area contributed by atoms with E-state index in [1.807, 2.05) is 91.0 Å². The van der Waals surface area contributed by atoms with Crippen molar-refractivity contribution in [2.75, 3.05) is 6.54 Å². The van der Waals surface area contributed by atoms with E-state index < -0.39 is 25.6 Å². The first kappa shape index (κ1) is 33.7. The molecule has 14 heteroatoms. The fraction of sp³-hybridized carbons (Fsp3) is 0.273. The number of rotatable bonds is 16. The lowest BCUT2D eigenvalue weighted by atomic mass is 10.2. The molecule has 0 fully saturated rings. The summed E-state index contributed by atoms with van der Waals surface area (Å²) in [5.74, 6) is -2.08. The number of aliphatic hydroxyl groups is 1. The van der Waals surface area contributed by atoms with E-state index in [9.17, 15) is 19.3 Å². The predicted molar refractivity (Wildman–Crippen MR) is 172 cm³/mol. The molecule has 0 radical (unpaired) electrons. The molecule has 1 aliphatic heterocycles. The van der Waals surface area contributed by atoms with Crippen molar-refractivity contribution in [3.63, 3.8) is 0 Å². The topological polar surface area (TPSA) is 148 Å². The van der Waals surface area contributed by atoms with Crippen molar-refractivity contribution >= 4 is 19.5 Å². The van der Waals surface area contributed by atoms with Crippen molar-refractivity contribution in [2.24, 2.45) is 0 Å². The highest BCUT2D eigenvalue weighted by Crippen LogP contribution is 2.55. The van der Waals surface area contributed by atoms with Crippen LogP contribution in [0.3, 0.4) is 0 Å². The fourth-order valence-corrected chi connectivity index (χ4v) is 6.35. The van der Waals surface area contributed by atoms with Gasteiger partial charge in [-0.3, -0.25) is 14.8 Å². The number of nitrogens with one attached hydrogen (secondary N) is 1. The van der Waals surface area contributed by atoms with E-state index in [0.717, 1.165) is 21.7 Å². The van der Waals surface area contributed by atoms with Crippen LogP contribution in [0, 0.1) is 0 Å². The van der Waals surface area contributed by atoms with Gasteiger partial charge in [-0.2, -0.15) is 0 Å². The molecular weight excluding hydrogens is 623 g/mol. The molecule has 1 aliphatic rings. The molecule has 0 saturated heterocycles. The number of aliphatic hydroxyl groups excluding tert-OH is 1. The highest BCUT2D eigenvalue weighted by molar-refractivity contribution is 7.54. The lowest BCUT2D eigenvalue weighted by Gasteiger charge is -2.30. The molecular formula is C33H37N6O7P. The number of hydrogen-bond donors (Lipinski definition) is 2. The highest BCUT2D eigenvalue weighted by Gasteiger charge is 2.42. The first-order valence-corrected chi connectivity index (χ1v) is 16.6. The van der Waals surface area contributed by atoms with E-state index in [1.165, 1.54) is 22.7 Å². The van der Waals surface area contributed by atoms with Crippen LogP contribution in [0.5, 0.6) is 0 Å². The van der Waals surface area contributed by atoms with Crippen LogP contribution < -0.4 is 5.43 Å². The summed E-state index contributed by atoms with van der Waals surface area (Å²) < 4.78 is 33.8. The van der Waals surface area contributed by atoms with Crippen molar-refractivity contribution in [1.82, 2.24) is 30.3 Å². The monoisotopic (exact) mass is 660 g/mol. The zero-order chi connectivity index (χ0) is 33.1. The van der Waals surface area contributed by atoms with Crippen LogP contribution >= 0.6 is 7.60 Å². The number of benzene rings is 3. The molecule has 13 nitrogen and oxygen atoms in total. The maximum Gasteiger partial charge on any atom is 0.362 e. The molecule has 1 aromatic heterocycles. The first-order valence-electron chi connectivity index (χ1n) is 15.0. The molecule has 3 aromatic carbocycles. The lowest BCUT2D eigenvalue weighted by Crippen LogP contribution is -2.50. The zero-order valence-corrected chi connectivity index (χ0v) is 26.8. The normalized spacial score (nSPS) is 14.6. The van der Waals surface area contributed by atoms with Crippen LogP contribution in [0.4, 0.5) is 4.79 Å². The molecule has 0 saturated carbocycles. The molecule has 0 aliphatic carbocycles. The van der Waals surface area contributed by atoms with Crippen molar-refractivity contribution < 1.29 is 33.0 Å². The summed E-state index contributed by atoms with van der Waals surface area (Å²) in [7, 11) is -4.24. The number of aromatic nitrogens is 3. The molecule has 0 spiro atoms. The highest BCUT2D eigenvalue weighted by atomic mass is 31.2. The maximum atomic E-state index is 14.4. The van der Waals surface area contributed by atoms with Gasteiger partial charge in [0.25, 0.3) is 0 Å². The van der Waals surface area contributed by atoms with Gasteiger partial charge in [-0.15, -0.1) is 5.10 Å². The van der Waals surface area contributed by atoms with Gasteiger partial charge >= 0.3 is 13.6 Å². The summed E-state index contributed by atoms with van der Waals surface area (Å²) >= 11 is 0. The van der Waals surface area contributed by atoms with Gasteiger partial charge in [0.15, 0.2) is 5.85 Å². The summed E-state index contributed by atoms with van der Waals surface area (Å²) in [6.07, 6.45) is 3.73. The van der Waals surface area contributed by atoms with Crippen LogP contribution in [0.15, 0.2) is 109 Å². The van der Waals surface area contributed by atoms with Gasteiger partial charge in [-0.1, -0.05) is 96.2 Å². The largest absolute Gasteiger partial charge is 0.378 e. The van der Waals surface area contributed by atoms with Gasteiger partial charge in [-0.05, 0) is 22.8 Å². The average Bonchev–Trinajstić information content (AvgIpc) is 3.54. The van der Waals surface area contributed by atoms with Crippen molar-refractivity contribution in [3.8, 4) is 0 Å². The van der Waals surface area contributed by atoms with E-state index in [0.29, 0.717) is 12.2 Å². The van der Waals surface area contributed by atoms with Crippen LogP contribution in [-0.2, 0) is 56.1 Å². The fourth-order valence-electron chi connectivity index (χ4n) is 4.72. The first-order chi connectivity index (χ1) is 22.8. The van der Waals surface area contributed by atoms with Crippen molar-refractivity contribution in [2.45, 2.75) is 51.8 Å². The third kappa shape index (κ3) is 9.67. The minimum Gasteiger partial charge on any atom is -0.378 e. The predicted octanol–water partition coefficient (Wildman–Crippen LogP) is 4.61. The van der Waals surface area contributed by atoms with Crippen LogP contribution in [0.25, 0.3) is 0 Å². The van der Waals surface area contributed by atoms with E-state index in [-0.39, 0.29) is 38.8 Å². The van der Waals surface area contributed by atoms with E-state index in [1.54, 1.807) is 12.3 Å². The molecule has 5 rings (SSSR count). The third-order valence-corrected chi connectivity index (χ3v) is 9.07. The smallest absolute Gasteiger partial charge is 0.362 e. The van der Waals surface area contributed by atoms with Gasteiger partial charge in [0, 0.05) is 19.7 Å². The lowest BCUT2D eigenvalue weighted by molar-refractivity contribution is -0.122. The van der Waals surface area contributed by atoms with Crippen molar-refractivity contribution in [3.05, 3.63) is 132 Å². The Balaban J connectivity index is 1.35. The third-order valence-electron chi connectivity index (χ3n) is 7.11.